The maximum atomic E-state index is 12.9. The number of aliphatic carboxylic acids is 1. The Bertz CT molecular complexity index is 352. The topological polar surface area (TPSA) is 37.3 Å². The number of hydrogen-bond acceptors (Lipinski definition) is 1. The lowest BCUT2D eigenvalue weighted by Gasteiger charge is -2.04. The molecule has 0 saturated heterocycles. The SMILES string of the molecule is O=C(O)[C@@H](F)Cc1cc(F)ccc1F. The molecule has 0 saturated carbocycles. The number of hydrogen-bond donors (Lipinski definition) is 1. The van der Waals surface area contributed by atoms with Crippen molar-refractivity contribution < 1.29 is 23.1 Å². The molecule has 1 aromatic carbocycles. The van der Waals surface area contributed by atoms with Gasteiger partial charge < -0.3 is 5.11 Å². The van der Waals surface area contributed by atoms with Crippen LogP contribution < -0.4 is 0 Å². The molecule has 0 aliphatic rings. The number of benzene rings is 1. The van der Waals surface area contributed by atoms with Gasteiger partial charge in [0.25, 0.3) is 0 Å². The van der Waals surface area contributed by atoms with Crippen molar-refractivity contribution >= 4 is 5.97 Å². The van der Waals surface area contributed by atoms with E-state index in [1.807, 2.05) is 0 Å². The van der Waals surface area contributed by atoms with Gasteiger partial charge in [0, 0.05) is 6.42 Å². The molecule has 1 rings (SSSR count). The zero-order valence-electron chi connectivity index (χ0n) is 7.01. The van der Waals surface area contributed by atoms with E-state index in [1.54, 1.807) is 0 Å². The Morgan fingerprint density at radius 1 is 1.43 bits per heavy atom. The minimum atomic E-state index is -2.22. The van der Waals surface area contributed by atoms with E-state index in [2.05, 4.69) is 0 Å². The van der Waals surface area contributed by atoms with Crippen LogP contribution in [0.25, 0.3) is 0 Å². The summed E-state index contributed by atoms with van der Waals surface area (Å²) in [5.74, 6) is -3.22. The average molecular weight is 204 g/mol. The summed E-state index contributed by atoms with van der Waals surface area (Å²) in [6.45, 7) is 0. The van der Waals surface area contributed by atoms with E-state index in [4.69, 9.17) is 5.11 Å². The van der Waals surface area contributed by atoms with E-state index in [9.17, 15) is 18.0 Å². The normalized spacial score (nSPS) is 12.5. The molecule has 76 valence electrons. The van der Waals surface area contributed by atoms with Crippen molar-refractivity contribution in [2.24, 2.45) is 0 Å². The maximum Gasteiger partial charge on any atom is 0.338 e. The molecule has 0 unspecified atom stereocenters. The van der Waals surface area contributed by atoms with Gasteiger partial charge in [-0.15, -0.1) is 0 Å². The zero-order chi connectivity index (χ0) is 10.7. The Morgan fingerprint density at radius 2 is 2.07 bits per heavy atom. The molecule has 0 radical (unpaired) electrons. The van der Waals surface area contributed by atoms with Crippen molar-refractivity contribution in [3.05, 3.63) is 35.4 Å². The van der Waals surface area contributed by atoms with E-state index >= 15 is 0 Å². The largest absolute Gasteiger partial charge is 0.479 e. The van der Waals surface area contributed by atoms with Crippen molar-refractivity contribution in [2.75, 3.05) is 0 Å². The van der Waals surface area contributed by atoms with Crippen LogP contribution in [-0.2, 0) is 11.2 Å². The third-order valence-electron chi connectivity index (χ3n) is 1.67. The maximum absolute atomic E-state index is 12.9. The number of carboxylic acids is 1. The summed E-state index contributed by atoms with van der Waals surface area (Å²) in [5.41, 5.74) is -0.278. The smallest absolute Gasteiger partial charge is 0.338 e. The summed E-state index contributed by atoms with van der Waals surface area (Å²) in [6, 6.07) is 2.50. The molecule has 5 heteroatoms. The lowest BCUT2D eigenvalue weighted by Crippen LogP contribution is -2.17. The second kappa shape index (κ2) is 4.13. The van der Waals surface area contributed by atoms with Crippen LogP contribution in [0.3, 0.4) is 0 Å². The third-order valence-corrected chi connectivity index (χ3v) is 1.67. The molecule has 1 N–H and O–H groups in total. The lowest BCUT2D eigenvalue weighted by molar-refractivity contribution is -0.142. The van der Waals surface area contributed by atoms with Crippen LogP contribution in [0, 0.1) is 11.6 Å². The van der Waals surface area contributed by atoms with Crippen LogP contribution in [-0.4, -0.2) is 17.2 Å². The van der Waals surface area contributed by atoms with Gasteiger partial charge in [0.15, 0.2) is 0 Å². The highest BCUT2D eigenvalue weighted by Crippen LogP contribution is 2.13. The first-order valence-corrected chi connectivity index (χ1v) is 3.81. The molecular formula is C9H7F3O2. The number of alkyl halides is 1. The molecule has 1 aromatic rings. The highest BCUT2D eigenvalue weighted by Gasteiger charge is 2.18. The summed E-state index contributed by atoms with van der Waals surface area (Å²) in [6.07, 6.45) is -2.88. The van der Waals surface area contributed by atoms with Gasteiger partial charge in [-0.1, -0.05) is 0 Å². The molecule has 14 heavy (non-hydrogen) atoms. The molecule has 2 nitrogen and oxygen atoms in total. The number of halogens is 3. The zero-order valence-corrected chi connectivity index (χ0v) is 7.01. The third kappa shape index (κ3) is 2.48. The van der Waals surface area contributed by atoms with Crippen molar-refractivity contribution in [1.29, 1.82) is 0 Å². The van der Waals surface area contributed by atoms with Crippen LogP contribution in [0.1, 0.15) is 5.56 Å². The quantitative estimate of drug-likeness (QED) is 0.816. The van der Waals surface area contributed by atoms with Crippen molar-refractivity contribution in [1.82, 2.24) is 0 Å². The van der Waals surface area contributed by atoms with E-state index in [0.29, 0.717) is 0 Å². The van der Waals surface area contributed by atoms with Crippen LogP contribution in [0.15, 0.2) is 18.2 Å². The van der Waals surface area contributed by atoms with Gasteiger partial charge in [0.1, 0.15) is 11.6 Å². The molecule has 0 heterocycles. The van der Waals surface area contributed by atoms with E-state index in [-0.39, 0.29) is 5.56 Å². The highest BCUT2D eigenvalue weighted by atomic mass is 19.1. The summed E-state index contributed by atoms with van der Waals surface area (Å²) < 4.78 is 38.1. The van der Waals surface area contributed by atoms with Crippen LogP contribution >= 0.6 is 0 Å². The van der Waals surface area contributed by atoms with Gasteiger partial charge in [-0.2, -0.15) is 0 Å². The molecule has 0 aliphatic carbocycles. The van der Waals surface area contributed by atoms with Crippen molar-refractivity contribution in [3.63, 3.8) is 0 Å². The fourth-order valence-corrected chi connectivity index (χ4v) is 0.980. The second-order valence-corrected chi connectivity index (χ2v) is 2.75. The van der Waals surface area contributed by atoms with E-state index < -0.39 is 30.2 Å². The Hall–Kier alpha value is -1.52. The lowest BCUT2D eigenvalue weighted by atomic mass is 10.1. The first-order chi connectivity index (χ1) is 6.50. The minimum absolute atomic E-state index is 0.278. The predicted molar refractivity (Wildman–Crippen MR) is 42.6 cm³/mol. The summed E-state index contributed by atoms with van der Waals surface area (Å²) in [5, 5.41) is 8.21. The molecular weight excluding hydrogens is 197 g/mol. The average Bonchev–Trinajstić information content (AvgIpc) is 2.11. The first kappa shape index (κ1) is 10.6. The molecule has 0 aromatic heterocycles. The van der Waals surface area contributed by atoms with Crippen molar-refractivity contribution in [2.45, 2.75) is 12.6 Å². The molecule has 0 fully saturated rings. The van der Waals surface area contributed by atoms with Gasteiger partial charge in [0.05, 0.1) is 0 Å². The highest BCUT2D eigenvalue weighted by molar-refractivity contribution is 5.72. The van der Waals surface area contributed by atoms with E-state index in [1.165, 1.54) is 0 Å². The van der Waals surface area contributed by atoms with Crippen LogP contribution in [0.5, 0.6) is 0 Å². The van der Waals surface area contributed by atoms with Crippen LogP contribution in [0.4, 0.5) is 13.2 Å². The minimum Gasteiger partial charge on any atom is -0.479 e. The summed E-state index contributed by atoms with van der Waals surface area (Å²) >= 11 is 0. The molecule has 0 bridgehead atoms. The first-order valence-electron chi connectivity index (χ1n) is 3.81. The van der Waals surface area contributed by atoms with Gasteiger partial charge >= 0.3 is 5.97 Å². The monoisotopic (exact) mass is 204 g/mol. The standard InChI is InChI=1S/C9H7F3O2/c10-6-1-2-7(11)5(3-6)4-8(12)9(13)14/h1-3,8H,4H2,(H,13,14)/t8-/m0/s1. The molecule has 0 aliphatic heterocycles. The Labute approximate surface area is 78.0 Å². The fraction of sp³-hybridized carbons (Fsp3) is 0.222. The molecule has 0 amide bonds. The number of carbonyl (C=O) groups is 1. The fourth-order valence-electron chi connectivity index (χ4n) is 0.980. The van der Waals surface area contributed by atoms with Gasteiger partial charge in [-0.3, -0.25) is 0 Å². The molecule has 0 spiro atoms. The Morgan fingerprint density at radius 3 is 2.64 bits per heavy atom. The van der Waals surface area contributed by atoms with Gasteiger partial charge in [-0.05, 0) is 23.8 Å². The van der Waals surface area contributed by atoms with Gasteiger partial charge in [-0.25, -0.2) is 18.0 Å². The second-order valence-electron chi connectivity index (χ2n) is 2.75. The van der Waals surface area contributed by atoms with Crippen LogP contribution in [0.2, 0.25) is 0 Å². The molecule has 1 atom stereocenters. The van der Waals surface area contributed by atoms with Crippen molar-refractivity contribution in [3.8, 4) is 0 Å². The Kier molecular flexibility index (Phi) is 3.11. The Balaban J connectivity index is 2.85. The predicted octanol–water partition coefficient (Wildman–Crippen LogP) is 1.93. The summed E-state index contributed by atoms with van der Waals surface area (Å²) in [4.78, 5) is 10.1. The van der Waals surface area contributed by atoms with Gasteiger partial charge in [0.2, 0.25) is 6.17 Å². The van der Waals surface area contributed by atoms with E-state index in [0.717, 1.165) is 18.2 Å². The number of rotatable bonds is 3. The number of carboxylic acid groups (broad SMARTS) is 1. The summed E-state index contributed by atoms with van der Waals surface area (Å²) in [7, 11) is 0.